The van der Waals surface area contributed by atoms with Gasteiger partial charge < -0.3 is 15.4 Å². The molecule has 0 bridgehead atoms. The largest absolute Gasteiger partial charge is 0.496 e. The number of carbonyl (C=O) groups excluding carboxylic acids is 2. The van der Waals surface area contributed by atoms with Gasteiger partial charge in [0.2, 0.25) is 5.91 Å². The number of primary amides is 1. The number of amides is 2. The lowest BCUT2D eigenvalue weighted by Gasteiger charge is -2.23. The summed E-state index contributed by atoms with van der Waals surface area (Å²) in [5.41, 5.74) is 7.72. The highest BCUT2D eigenvalue weighted by molar-refractivity contribution is 5.95. The van der Waals surface area contributed by atoms with Crippen LogP contribution >= 0.6 is 0 Å². The summed E-state index contributed by atoms with van der Waals surface area (Å²) in [4.78, 5) is 25.6. The molecule has 0 spiro atoms. The van der Waals surface area contributed by atoms with E-state index in [9.17, 15) is 9.59 Å². The molecule has 24 heavy (non-hydrogen) atoms. The van der Waals surface area contributed by atoms with E-state index in [1.807, 2.05) is 43.3 Å². The first kappa shape index (κ1) is 17.5. The van der Waals surface area contributed by atoms with Crippen LogP contribution < -0.4 is 10.5 Å². The normalized spacial score (nSPS) is 10.2. The lowest BCUT2D eigenvalue weighted by atomic mass is 10.1. The lowest BCUT2D eigenvalue weighted by molar-refractivity contribution is -0.118. The third-order valence-electron chi connectivity index (χ3n) is 3.79. The second kappa shape index (κ2) is 8.15. The smallest absolute Gasteiger partial charge is 0.254 e. The first-order valence-electron chi connectivity index (χ1n) is 7.77. The number of nitrogens with zero attached hydrogens (tertiary/aromatic N) is 1. The summed E-state index contributed by atoms with van der Waals surface area (Å²) in [5.74, 6) is 0.0798. The number of benzene rings is 2. The molecule has 0 saturated heterocycles. The molecule has 5 nitrogen and oxygen atoms in total. The Bertz CT molecular complexity index is 714. The van der Waals surface area contributed by atoms with E-state index >= 15 is 0 Å². The summed E-state index contributed by atoms with van der Waals surface area (Å²) in [6, 6.07) is 15.0. The predicted octanol–water partition coefficient (Wildman–Crippen LogP) is 2.52. The minimum atomic E-state index is -0.428. The summed E-state index contributed by atoms with van der Waals surface area (Å²) in [5, 5.41) is 0. The molecule has 2 aromatic rings. The van der Waals surface area contributed by atoms with Gasteiger partial charge in [0.05, 0.1) is 7.11 Å². The van der Waals surface area contributed by atoms with Gasteiger partial charge in [0.25, 0.3) is 5.91 Å². The Labute approximate surface area is 142 Å². The summed E-state index contributed by atoms with van der Waals surface area (Å²) in [6.07, 6.45) is 0.127. The maximum atomic E-state index is 12.9. The van der Waals surface area contributed by atoms with Gasteiger partial charge in [-0.05, 0) is 30.2 Å². The summed E-state index contributed by atoms with van der Waals surface area (Å²) >= 11 is 0. The molecule has 0 aliphatic carbocycles. The van der Waals surface area contributed by atoms with Crippen molar-refractivity contribution in [3.63, 3.8) is 0 Å². The second-order valence-corrected chi connectivity index (χ2v) is 5.61. The van der Waals surface area contributed by atoms with E-state index in [1.54, 1.807) is 24.1 Å². The van der Waals surface area contributed by atoms with Crippen LogP contribution in [0.5, 0.6) is 5.75 Å². The molecule has 2 rings (SSSR count). The fourth-order valence-corrected chi connectivity index (χ4v) is 2.44. The zero-order chi connectivity index (χ0) is 17.5. The number of carbonyl (C=O) groups is 2. The molecule has 2 N–H and O–H groups in total. The van der Waals surface area contributed by atoms with Crippen molar-refractivity contribution in [1.82, 2.24) is 4.90 Å². The van der Waals surface area contributed by atoms with Crippen molar-refractivity contribution < 1.29 is 14.3 Å². The molecule has 0 atom stereocenters. The monoisotopic (exact) mass is 326 g/mol. The van der Waals surface area contributed by atoms with Crippen molar-refractivity contribution in [3.8, 4) is 5.75 Å². The number of nitrogens with two attached hydrogens (primary N) is 1. The number of aryl methyl sites for hydroxylation is 1. The summed E-state index contributed by atoms with van der Waals surface area (Å²) < 4.78 is 5.29. The Kier molecular flexibility index (Phi) is 5.95. The van der Waals surface area contributed by atoms with Gasteiger partial charge >= 0.3 is 0 Å². The van der Waals surface area contributed by atoms with E-state index in [0.29, 0.717) is 17.9 Å². The molecule has 0 heterocycles. The third-order valence-corrected chi connectivity index (χ3v) is 3.79. The van der Waals surface area contributed by atoms with Crippen LogP contribution in [0, 0.1) is 6.92 Å². The number of ether oxygens (including phenoxy) is 1. The Morgan fingerprint density at radius 2 is 1.83 bits per heavy atom. The average molecular weight is 326 g/mol. The Morgan fingerprint density at radius 1 is 1.12 bits per heavy atom. The molecule has 0 saturated carbocycles. The number of hydrogen-bond acceptors (Lipinski definition) is 3. The lowest BCUT2D eigenvalue weighted by Crippen LogP contribution is -2.33. The van der Waals surface area contributed by atoms with Crippen LogP contribution in [0.25, 0.3) is 0 Å². The van der Waals surface area contributed by atoms with E-state index in [1.165, 1.54) is 0 Å². The van der Waals surface area contributed by atoms with E-state index in [2.05, 4.69) is 0 Å². The Balaban J connectivity index is 2.24. The zero-order valence-corrected chi connectivity index (χ0v) is 14.0. The van der Waals surface area contributed by atoms with E-state index < -0.39 is 5.91 Å². The van der Waals surface area contributed by atoms with E-state index in [-0.39, 0.29) is 18.9 Å². The minimum absolute atomic E-state index is 0.127. The van der Waals surface area contributed by atoms with Crippen LogP contribution in [0.15, 0.2) is 48.5 Å². The van der Waals surface area contributed by atoms with Crippen LogP contribution in [0.1, 0.15) is 27.9 Å². The maximum Gasteiger partial charge on any atom is 0.254 e. The highest BCUT2D eigenvalue weighted by Gasteiger charge is 2.18. The molecule has 2 aromatic carbocycles. The highest BCUT2D eigenvalue weighted by Crippen LogP contribution is 2.20. The van der Waals surface area contributed by atoms with Crippen molar-refractivity contribution in [2.75, 3.05) is 13.7 Å². The topological polar surface area (TPSA) is 72.6 Å². The van der Waals surface area contributed by atoms with Crippen molar-refractivity contribution >= 4 is 11.8 Å². The van der Waals surface area contributed by atoms with Crippen molar-refractivity contribution in [2.45, 2.75) is 19.9 Å². The molecule has 0 aliphatic rings. The molecule has 2 amide bonds. The van der Waals surface area contributed by atoms with Crippen LogP contribution in [-0.2, 0) is 11.3 Å². The van der Waals surface area contributed by atoms with Gasteiger partial charge in [0.15, 0.2) is 0 Å². The maximum absolute atomic E-state index is 12.9. The van der Waals surface area contributed by atoms with E-state index in [4.69, 9.17) is 10.5 Å². The summed E-state index contributed by atoms with van der Waals surface area (Å²) in [7, 11) is 1.57. The van der Waals surface area contributed by atoms with Crippen LogP contribution in [0.4, 0.5) is 0 Å². The SMILES string of the molecule is COc1cc(C(=O)N(CCC(N)=O)Cc2ccccc2)ccc1C. The fraction of sp³-hybridized carbons (Fsp3) is 0.263. The molecule has 126 valence electrons. The first-order chi connectivity index (χ1) is 11.5. The van der Waals surface area contributed by atoms with Crippen molar-refractivity contribution in [2.24, 2.45) is 5.73 Å². The molecular formula is C19H22N2O3. The van der Waals surface area contributed by atoms with Gasteiger partial charge in [-0.1, -0.05) is 36.4 Å². The first-order valence-corrected chi connectivity index (χ1v) is 7.77. The molecule has 0 unspecified atom stereocenters. The average Bonchev–Trinajstić information content (AvgIpc) is 2.59. The van der Waals surface area contributed by atoms with Gasteiger partial charge in [-0.25, -0.2) is 0 Å². The minimum Gasteiger partial charge on any atom is -0.496 e. The molecule has 0 radical (unpaired) electrons. The van der Waals surface area contributed by atoms with Gasteiger partial charge in [-0.2, -0.15) is 0 Å². The number of hydrogen-bond donors (Lipinski definition) is 1. The quantitative estimate of drug-likeness (QED) is 0.850. The molecule has 0 aromatic heterocycles. The van der Waals surface area contributed by atoms with E-state index in [0.717, 1.165) is 11.1 Å². The van der Waals surface area contributed by atoms with Gasteiger partial charge in [0, 0.05) is 25.1 Å². The van der Waals surface area contributed by atoms with Crippen molar-refractivity contribution in [1.29, 1.82) is 0 Å². The molecule has 0 fully saturated rings. The van der Waals surface area contributed by atoms with Gasteiger partial charge in [-0.15, -0.1) is 0 Å². The van der Waals surface area contributed by atoms with Gasteiger partial charge in [-0.3, -0.25) is 9.59 Å². The molecule has 5 heteroatoms. The highest BCUT2D eigenvalue weighted by atomic mass is 16.5. The predicted molar refractivity (Wildman–Crippen MR) is 92.7 cm³/mol. The third kappa shape index (κ3) is 4.59. The molecule has 0 aliphatic heterocycles. The standard InChI is InChI=1S/C19H22N2O3/c1-14-8-9-16(12-17(14)24-2)19(23)21(11-10-18(20)22)13-15-6-4-3-5-7-15/h3-9,12H,10-11,13H2,1-2H3,(H2,20,22). The van der Waals surface area contributed by atoms with Crippen molar-refractivity contribution in [3.05, 3.63) is 65.2 Å². The number of methoxy groups -OCH3 is 1. The molecular weight excluding hydrogens is 304 g/mol. The number of rotatable bonds is 7. The van der Waals surface area contributed by atoms with Crippen LogP contribution in [0.2, 0.25) is 0 Å². The fourth-order valence-electron chi connectivity index (χ4n) is 2.44. The van der Waals surface area contributed by atoms with Crippen LogP contribution in [-0.4, -0.2) is 30.4 Å². The Hall–Kier alpha value is -2.82. The summed E-state index contributed by atoms with van der Waals surface area (Å²) in [6.45, 7) is 2.62. The van der Waals surface area contributed by atoms with Crippen LogP contribution in [0.3, 0.4) is 0 Å². The Morgan fingerprint density at radius 3 is 2.46 bits per heavy atom. The zero-order valence-electron chi connectivity index (χ0n) is 14.0. The second-order valence-electron chi connectivity index (χ2n) is 5.61. The van der Waals surface area contributed by atoms with Gasteiger partial charge in [0.1, 0.15) is 5.75 Å².